The van der Waals surface area contributed by atoms with Crippen LogP contribution in [-0.2, 0) is 6.61 Å². The molecular weight excluding hydrogens is 343 g/mol. The molecule has 0 aliphatic carbocycles. The molecule has 0 bridgehead atoms. The number of aromatic nitrogens is 4. The van der Waals surface area contributed by atoms with Crippen molar-refractivity contribution in [2.24, 2.45) is 0 Å². The number of pyridine rings is 1. The average Bonchev–Trinajstić information content (AvgIpc) is 2.99. The molecule has 25 heavy (non-hydrogen) atoms. The lowest BCUT2D eigenvalue weighted by atomic mass is 10.2. The molecule has 11 heteroatoms. The average molecular weight is 355 g/mol. The minimum absolute atomic E-state index is 0.107. The predicted octanol–water partition coefficient (Wildman–Crippen LogP) is 2.42. The molecule has 8 nitrogen and oxygen atoms in total. The Bertz CT molecular complexity index is 897. The van der Waals surface area contributed by atoms with E-state index in [1.54, 1.807) is 0 Å². The van der Waals surface area contributed by atoms with Gasteiger partial charge in [-0.05, 0) is 18.2 Å². The molecule has 0 saturated heterocycles. The second kappa shape index (κ2) is 6.34. The Morgan fingerprint density at radius 3 is 2.72 bits per heavy atom. The smallest absolute Gasteiger partial charge is 0.496 e. The number of nitrogen functional groups attached to an aromatic ring is 1. The zero-order chi connectivity index (χ0) is 18.0. The largest absolute Gasteiger partial charge is 0.573 e. The number of anilines is 1. The Morgan fingerprint density at radius 2 is 2.00 bits per heavy atom. The van der Waals surface area contributed by atoms with Gasteiger partial charge in [-0.25, -0.2) is 10.1 Å². The van der Waals surface area contributed by atoms with Gasteiger partial charge in [0.1, 0.15) is 23.9 Å². The van der Waals surface area contributed by atoms with Crippen molar-refractivity contribution in [1.82, 2.24) is 20.4 Å². The summed E-state index contributed by atoms with van der Waals surface area (Å²) in [5, 5.41) is 9.99. The van der Waals surface area contributed by atoms with Gasteiger partial charge in [0.2, 0.25) is 0 Å². The van der Waals surface area contributed by atoms with E-state index >= 15 is 0 Å². The first-order valence-corrected chi connectivity index (χ1v) is 6.88. The summed E-state index contributed by atoms with van der Waals surface area (Å²) in [6.45, 7) is -0.107. The summed E-state index contributed by atoms with van der Waals surface area (Å²) < 4.78 is 51.7. The minimum Gasteiger partial charge on any atom is -0.496 e. The Hall–Kier alpha value is -3.24. The maximum absolute atomic E-state index is 12.4. The number of ether oxygens (including phenoxy) is 3. The molecule has 1 aromatic carbocycles. The van der Waals surface area contributed by atoms with Crippen LogP contribution in [-0.4, -0.2) is 33.9 Å². The van der Waals surface area contributed by atoms with Crippen molar-refractivity contribution in [1.29, 1.82) is 0 Å². The van der Waals surface area contributed by atoms with E-state index < -0.39 is 6.36 Å². The number of fused-ring (bicyclic) bond motifs is 1. The normalized spacial score (nSPS) is 11.5. The van der Waals surface area contributed by atoms with Gasteiger partial charge in [0, 0.05) is 11.6 Å². The minimum atomic E-state index is -4.79. The molecule has 0 spiro atoms. The summed E-state index contributed by atoms with van der Waals surface area (Å²) in [5.41, 5.74) is 6.68. The standard InChI is InChI=1S/C14H12F3N5O3/c1-23-9-3-2-8(25-14(15,16)17)4-7(9)6-24-10-5-11(18)19-13-12(10)20-22-21-13/h2-5H,6H2,1H3,(H3,18,19,20,21,22). The van der Waals surface area contributed by atoms with Crippen LogP contribution in [0.2, 0.25) is 0 Å². The topological polar surface area (TPSA) is 108 Å². The van der Waals surface area contributed by atoms with Gasteiger partial charge >= 0.3 is 6.36 Å². The van der Waals surface area contributed by atoms with Crippen LogP contribution in [0.15, 0.2) is 24.3 Å². The Balaban J connectivity index is 1.86. The molecule has 2 heterocycles. The lowest BCUT2D eigenvalue weighted by Gasteiger charge is -2.14. The van der Waals surface area contributed by atoms with E-state index in [1.165, 1.54) is 25.3 Å². The number of methoxy groups -OCH3 is 1. The second-order valence-electron chi connectivity index (χ2n) is 4.86. The van der Waals surface area contributed by atoms with E-state index in [1.807, 2.05) is 0 Å². The Labute approximate surface area is 138 Å². The van der Waals surface area contributed by atoms with Crippen LogP contribution in [0.4, 0.5) is 19.0 Å². The van der Waals surface area contributed by atoms with E-state index in [0.717, 1.165) is 6.07 Å². The van der Waals surface area contributed by atoms with Gasteiger partial charge in [0.25, 0.3) is 0 Å². The van der Waals surface area contributed by atoms with E-state index in [2.05, 4.69) is 25.1 Å². The molecule has 0 fully saturated rings. The zero-order valence-corrected chi connectivity index (χ0v) is 12.8. The van der Waals surface area contributed by atoms with E-state index in [-0.39, 0.29) is 23.9 Å². The van der Waals surface area contributed by atoms with Crippen LogP contribution >= 0.6 is 0 Å². The molecule has 0 saturated carbocycles. The van der Waals surface area contributed by atoms with Gasteiger partial charge in [0.15, 0.2) is 16.9 Å². The number of nitrogens with zero attached hydrogens (tertiary/aromatic N) is 3. The maximum atomic E-state index is 12.4. The molecule has 3 N–H and O–H groups in total. The maximum Gasteiger partial charge on any atom is 0.573 e. The number of rotatable bonds is 5. The first kappa shape index (κ1) is 16.6. The fourth-order valence-corrected chi connectivity index (χ4v) is 2.16. The van der Waals surface area contributed by atoms with Crippen LogP contribution in [0, 0.1) is 0 Å². The highest BCUT2D eigenvalue weighted by Gasteiger charge is 2.31. The molecule has 0 atom stereocenters. The number of H-pyrrole nitrogens is 1. The number of benzene rings is 1. The summed E-state index contributed by atoms with van der Waals surface area (Å²) in [6, 6.07) is 5.12. The molecule has 0 aliphatic heterocycles. The number of hydrogen-bond donors (Lipinski definition) is 2. The molecule has 3 rings (SSSR count). The molecule has 0 amide bonds. The number of hydrogen-bond acceptors (Lipinski definition) is 7. The van der Waals surface area contributed by atoms with Gasteiger partial charge < -0.3 is 19.9 Å². The number of halogens is 3. The van der Waals surface area contributed by atoms with Crippen LogP contribution in [0.3, 0.4) is 0 Å². The summed E-state index contributed by atoms with van der Waals surface area (Å²) in [4.78, 5) is 3.99. The van der Waals surface area contributed by atoms with Crippen molar-refractivity contribution in [3.63, 3.8) is 0 Å². The predicted molar refractivity (Wildman–Crippen MR) is 80.1 cm³/mol. The highest BCUT2D eigenvalue weighted by molar-refractivity contribution is 5.78. The zero-order valence-electron chi connectivity index (χ0n) is 12.8. The van der Waals surface area contributed by atoms with Crippen molar-refractivity contribution in [2.75, 3.05) is 12.8 Å². The lowest BCUT2D eigenvalue weighted by Crippen LogP contribution is -2.17. The van der Waals surface area contributed by atoms with Gasteiger partial charge in [-0.2, -0.15) is 0 Å². The van der Waals surface area contributed by atoms with Crippen LogP contribution in [0.1, 0.15) is 5.56 Å². The third-order valence-corrected chi connectivity index (χ3v) is 3.15. The second-order valence-corrected chi connectivity index (χ2v) is 4.86. The lowest BCUT2D eigenvalue weighted by molar-refractivity contribution is -0.274. The van der Waals surface area contributed by atoms with Crippen LogP contribution in [0.5, 0.6) is 17.2 Å². The molecule has 0 radical (unpaired) electrons. The van der Waals surface area contributed by atoms with E-state index in [0.29, 0.717) is 22.5 Å². The van der Waals surface area contributed by atoms with Gasteiger partial charge in [-0.15, -0.1) is 18.3 Å². The van der Waals surface area contributed by atoms with Crippen LogP contribution in [0.25, 0.3) is 11.2 Å². The third-order valence-electron chi connectivity index (χ3n) is 3.15. The third kappa shape index (κ3) is 3.82. The Morgan fingerprint density at radius 1 is 1.20 bits per heavy atom. The van der Waals surface area contributed by atoms with Gasteiger partial charge in [0.05, 0.1) is 7.11 Å². The highest BCUT2D eigenvalue weighted by Crippen LogP contribution is 2.30. The number of alkyl halides is 3. The van der Waals surface area contributed by atoms with Crippen molar-refractivity contribution in [3.8, 4) is 17.2 Å². The Kier molecular flexibility index (Phi) is 4.21. The van der Waals surface area contributed by atoms with Crippen molar-refractivity contribution in [3.05, 3.63) is 29.8 Å². The quantitative estimate of drug-likeness (QED) is 0.723. The van der Waals surface area contributed by atoms with E-state index in [9.17, 15) is 13.2 Å². The molecule has 0 unspecified atom stereocenters. The molecule has 132 valence electrons. The monoisotopic (exact) mass is 355 g/mol. The molecule has 0 aliphatic rings. The first-order valence-electron chi connectivity index (χ1n) is 6.88. The van der Waals surface area contributed by atoms with Crippen molar-refractivity contribution in [2.45, 2.75) is 13.0 Å². The molecule has 2 aromatic heterocycles. The SMILES string of the molecule is COc1ccc(OC(F)(F)F)cc1COc1cc(N)nc2[nH]nnc12. The fraction of sp³-hybridized carbons (Fsp3) is 0.214. The first-order chi connectivity index (χ1) is 11.9. The fourth-order valence-electron chi connectivity index (χ4n) is 2.16. The highest BCUT2D eigenvalue weighted by atomic mass is 19.4. The van der Waals surface area contributed by atoms with Crippen molar-refractivity contribution >= 4 is 17.0 Å². The molecular formula is C14H12F3N5O3. The summed E-state index contributed by atoms with van der Waals surface area (Å²) >= 11 is 0. The summed E-state index contributed by atoms with van der Waals surface area (Å²) in [5.74, 6) is 0.413. The number of nitrogens with one attached hydrogen (secondary N) is 1. The van der Waals surface area contributed by atoms with Crippen LogP contribution < -0.4 is 19.9 Å². The van der Waals surface area contributed by atoms with E-state index in [4.69, 9.17) is 15.2 Å². The number of aromatic amines is 1. The summed E-state index contributed by atoms with van der Waals surface area (Å²) in [6.07, 6.45) is -4.79. The number of nitrogens with two attached hydrogens (primary N) is 1. The molecule has 3 aromatic rings. The summed E-state index contributed by atoms with van der Waals surface area (Å²) in [7, 11) is 1.39. The van der Waals surface area contributed by atoms with Gasteiger partial charge in [-0.1, -0.05) is 5.21 Å². The van der Waals surface area contributed by atoms with Gasteiger partial charge in [-0.3, -0.25) is 0 Å². The van der Waals surface area contributed by atoms with Crippen molar-refractivity contribution < 1.29 is 27.4 Å².